The first-order chi connectivity index (χ1) is 11.2. The molecule has 0 aliphatic carbocycles. The summed E-state index contributed by atoms with van der Waals surface area (Å²) in [6.45, 7) is 4.86. The Morgan fingerprint density at radius 1 is 1.09 bits per heavy atom. The van der Waals surface area contributed by atoms with Crippen molar-refractivity contribution in [2.24, 2.45) is 0 Å². The maximum absolute atomic E-state index is 11.7. The largest absolute Gasteiger partial charge is 0.489 e. The van der Waals surface area contributed by atoms with Crippen molar-refractivity contribution in [3.05, 3.63) is 60.2 Å². The number of hydrogen-bond acceptors (Lipinski definition) is 3. The number of carbonyl (C=O) groups is 1. The van der Waals surface area contributed by atoms with Crippen molar-refractivity contribution in [1.29, 1.82) is 0 Å². The molecule has 0 saturated carbocycles. The van der Waals surface area contributed by atoms with Crippen LogP contribution in [0, 0.1) is 0 Å². The molecule has 1 unspecified atom stereocenters. The normalized spacial score (nSPS) is 11.6. The van der Waals surface area contributed by atoms with Crippen LogP contribution in [0.5, 0.6) is 5.75 Å². The molecule has 0 spiro atoms. The van der Waals surface area contributed by atoms with Gasteiger partial charge < -0.3 is 15.4 Å². The fourth-order valence-corrected chi connectivity index (χ4v) is 2.02. The van der Waals surface area contributed by atoms with Crippen molar-refractivity contribution in [2.75, 3.05) is 11.9 Å². The van der Waals surface area contributed by atoms with Gasteiger partial charge in [0.25, 0.3) is 0 Å². The van der Waals surface area contributed by atoms with E-state index in [-0.39, 0.29) is 18.5 Å². The molecule has 4 heteroatoms. The van der Waals surface area contributed by atoms with Crippen LogP contribution in [0.1, 0.15) is 25.8 Å². The van der Waals surface area contributed by atoms with Gasteiger partial charge in [-0.3, -0.25) is 4.79 Å². The van der Waals surface area contributed by atoms with Crippen LogP contribution in [0.2, 0.25) is 0 Å². The van der Waals surface area contributed by atoms with E-state index < -0.39 is 0 Å². The number of hydrogen-bond donors (Lipinski definition) is 2. The highest BCUT2D eigenvalue weighted by atomic mass is 16.5. The molecule has 1 atom stereocenters. The number of nitrogens with one attached hydrogen (secondary N) is 2. The molecule has 0 saturated heterocycles. The smallest absolute Gasteiger partial charge is 0.239 e. The molecule has 0 radical (unpaired) electrons. The summed E-state index contributed by atoms with van der Waals surface area (Å²) in [5.74, 6) is 0.812. The quantitative estimate of drug-likeness (QED) is 0.783. The first kappa shape index (κ1) is 16.9. The molecule has 0 bridgehead atoms. The van der Waals surface area contributed by atoms with E-state index in [2.05, 4.69) is 10.6 Å². The summed E-state index contributed by atoms with van der Waals surface area (Å²) in [7, 11) is 0. The summed E-state index contributed by atoms with van der Waals surface area (Å²) >= 11 is 0. The summed E-state index contributed by atoms with van der Waals surface area (Å²) in [5, 5.41) is 6.03. The number of amides is 1. The van der Waals surface area contributed by atoms with E-state index in [1.54, 1.807) is 0 Å². The lowest BCUT2D eigenvalue weighted by Crippen LogP contribution is -2.36. The van der Waals surface area contributed by atoms with Crippen LogP contribution >= 0.6 is 0 Å². The van der Waals surface area contributed by atoms with E-state index in [1.807, 2.05) is 68.4 Å². The topological polar surface area (TPSA) is 50.4 Å². The molecule has 0 aromatic heterocycles. The molecule has 2 N–H and O–H groups in total. The minimum Gasteiger partial charge on any atom is -0.489 e. The predicted octanol–water partition coefficient (Wildman–Crippen LogP) is 3.59. The first-order valence-electron chi connectivity index (χ1n) is 7.97. The second-order valence-electron chi connectivity index (χ2n) is 5.53. The average molecular weight is 312 g/mol. The lowest BCUT2D eigenvalue weighted by atomic mass is 10.2. The Morgan fingerprint density at radius 2 is 1.78 bits per heavy atom. The molecule has 4 nitrogen and oxygen atoms in total. The molecular weight excluding hydrogens is 288 g/mol. The number of anilines is 1. The van der Waals surface area contributed by atoms with E-state index in [0.717, 1.165) is 23.4 Å². The number of rotatable bonds is 8. The second-order valence-corrected chi connectivity index (χ2v) is 5.53. The Bertz CT molecular complexity index is 597. The maximum atomic E-state index is 11.7. The third kappa shape index (κ3) is 6.02. The highest BCUT2D eigenvalue weighted by molar-refractivity contribution is 5.80. The van der Waals surface area contributed by atoms with E-state index >= 15 is 0 Å². The molecule has 122 valence electrons. The molecule has 23 heavy (non-hydrogen) atoms. The first-order valence-corrected chi connectivity index (χ1v) is 7.97. The number of benzene rings is 2. The Hall–Kier alpha value is -2.49. The Balaban J connectivity index is 1.77. The molecule has 0 aliphatic rings. The summed E-state index contributed by atoms with van der Waals surface area (Å²) in [6.07, 6.45) is 0.930. The van der Waals surface area contributed by atoms with Gasteiger partial charge in [0.2, 0.25) is 5.91 Å². The van der Waals surface area contributed by atoms with Crippen molar-refractivity contribution < 1.29 is 9.53 Å². The van der Waals surface area contributed by atoms with Crippen molar-refractivity contribution in [3.8, 4) is 5.75 Å². The average Bonchev–Trinajstić information content (AvgIpc) is 2.60. The van der Waals surface area contributed by atoms with Crippen LogP contribution in [0.3, 0.4) is 0 Å². The molecular formula is C19H24N2O2. The monoisotopic (exact) mass is 312 g/mol. The van der Waals surface area contributed by atoms with Gasteiger partial charge in [-0.25, -0.2) is 0 Å². The van der Waals surface area contributed by atoms with Crippen molar-refractivity contribution >= 4 is 11.6 Å². The van der Waals surface area contributed by atoms with E-state index in [1.165, 1.54) is 0 Å². The lowest BCUT2D eigenvalue weighted by molar-refractivity contribution is -0.120. The van der Waals surface area contributed by atoms with Gasteiger partial charge in [0, 0.05) is 11.7 Å². The SMILES string of the molecule is CCC(C)NC(=O)CNc1ccc(OCc2ccccc2)cc1. The van der Waals surface area contributed by atoms with Crippen LogP contribution in [-0.4, -0.2) is 18.5 Å². The third-order valence-electron chi connectivity index (χ3n) is 3.58. The maximum Gasteiger partial charge on any atom is 0.239 e. The minimum absolute atomic E-state index is 0.00348. The highest BCUT2D eigenvalue weighted by Gasteiger charge is 2.05. The van der Waals surface area contributed by atoms with Crippen LogP contribution in [0.4, 0.5) is 5.69 Å². The fraction of sp³-hybridized carbons (Fsp3) is 0.316. The zero-order valence-corrected chi connectivity index (χ0v) is 13.7. The molecule has 2 rings (SSSR count). The van der Waals surface area contributed by atoms with Gasteiger partial charge in [-0.1, -0.05) is 37.3 Å². The van der Waals surface area contributed by atoms with Gasteiger partial charge in [0.1, 0.15) is 12.4 Å². The van der Waals surface area contributed by atoms with Crippen LogP contribution in [0.15, 0.2) is 54.6 Å². The van der Waals surface area contributed by atoms with Crippen molar-refractivity contribution in [2.45, 2.75) is 32.9 Å². The van der Waals surface area contributed by atoms with Crippen LogP contribution in [0.25, 0.3) is 0 Å². The van der Waals surface area contributed by atoms with Gasteiger partial charge >= 0.3 is 0 Å². The molecule has 2 aromatic carbocycles. The van der Waals surface area contributed by atoms with E-state index in [9.17, 15) is 4.79 Å². The molecule has 0 heterocycles. The number of carbonyl (C=O) groups excluding carboxylic acids is 1. The van der Waals surface area contributed by atoms with E-state index in [0.29, 0.717) is 6.61 Å². The molecule has 2 aromatic rings. The predicted molar refractivity (Wildman–Crippen MR) is 93.6 cm³/mol. The highest BCUT2D eigenvalue weighted by Crippen LogP contribution is 2.16. The Kier molecular flexibility index (Phi) is 6.48. The third-order valence-corrected chi connectivity index (χ3v) is 3.58. The summed E-state index contributed by atoms with van der Waals surface area (Å²) in [5.41, 5.74) is 2.03. The van der Waals surface area contributed by atoms with Gasteiger partial charge in [-0.2, -0.15) is 0 Å². The fourth-order valence-electron chi connectivity index (χ4n) is 2.02. The van der Waals surface area contributed by atoms with Crippen molar-refractivity contribution in [3.63, 3.8) is 0 Å². The number of ether oxygens (including phenoxy) is 1. The standard InChI is InChI=1S/C19H24N2O2/c1-3-15(2)21-19(22)13-20-17-9-11-18(12-10-17)23-14-16-7-5-4-6-8-16/h4-12,15,20H,3,13-14H2,1-2H3,(H,21,22). The zero-order chi connectivity index (χ0) is 16.5. The van der Waals surface area contributed by atoms with Gasteiger partial charge in [-0.15, -0.1) is 0 Å². The van der Waals surface area contributed by atoms with Gasteiger partial charge in [0.15, 0.2) is 0 Å². The molecule has 0 aliphatic heterocycles. The van der Waals surface area contributed by atoms with E-state index in [4.69, 9.17) is 4.74 Å². The van der Waals surface area contributed by atoms with Gasteiger partial charge in [-0.05, 0) is 43.2 Å². The molecule has 1 amide bonds. The van der Waals surface area contributed by atoms with Crippen LogP contribution in [-0.2, 0) is 11.4 Å². The summed E-state index contributed by atoms with van der Waals surface area (Å²) in [6, 6.07) is 17.9. The van der Waals surface area contributed by atoms with Gasteiger partial charge in [0.05, 0.1) is 6.54 Å². The summed E-state index contributed by atoms with van der Waals surface area (Å²) in [4.78, 5) is 11.7. The van der Waals surface area contributed by atoms with Crippen molar-refractivity contribution in [1.82, 2.24) is 5.32 Å². The lowest BCUT2D eigenvalue weighted by Gasteiger charge is -2.12. The Morgan fingerprint density at radius 3 is 2.43 bits per heavy atom. The second kappa shape index (κ2) is 8.83. The zero-order valence-electron chi connectivity index (χ0n) is 13.7. The van der Waals surface area contributed by atoms with Crippen LogP contribution < -0.4 is 15.4 Å². The summed E-state index contributed by atoms with van der Waals surface area (Å²) < 4.78 is 5.73. The molecule has 0 fully saturated rings. The Labute approximate surface area is 137 Å². The minimum atomic E-state index is 0.00348.